The molecule has 5 heteroatoms. The lowest BCUT2D eigenvalue weighted by molar-refractivity contribution is 0.0942. The third kappa shape index (κ3) is 3.06. The molecule has 1 rings (SSSR count). The number of aliphatic hydroxyl groups excluding tert-OH is 1. The number of hydrogen-bond donors (Lipinski definition) is 2. The van der Waals surface area contributed by atoms with Gasteiger partial charge in [0.2, 0.25) is 0 Å². The van der Waals surface area contributed by atoms with Crippen LogP contribution in [0, 0.1) is 0 Å². The number of amides is 1. The van der Waals surface area contributed by atoms with Crippen molar-refractivity contribution >= 4 is 5.91 Å². The van der Waals surface area contributed by atoms with E-state index in [1.165, 1.54) is 0 Å². The fourth-order valence-electron chi connectivity index (χ4n) is 1.28. The van der Waals surface area contributed by atoms with E-state index in [4.69, 9.17) is 5.11 Å². The quantitative estimate of drug-likeness (QED) is 0.678. The van der Waals surface area contributed by atoms with Gasteiger partial charge in [0.05, 0.1) is 5.69 Å². The minimum atomic E-state index is -0.141. The molecule has 0 radical (unpaired) electrons. The molecule has 0 atom stereocenters. The highest BCUT2D eigenvalue weighted by molar-refractivity contribution is 5.92. The highest BCUT2D eigenvalue weighted by Gasteiger charge is 2.11. The van der Waals surface area contributed by atoms with Crippen LogP contribution in [-0.2, 0) is 13.5 Å². The fraction of sp³-hybridized carbons (Fsp3) is 0.600. The van der Waals surface area contributed by atoms with Gasteiger partial charge in [-0.15, -0.1) is 0 Å². The van der Waals surface area contributed by atoms with Crippen molar-refractivity contribution in [3.63, 3.8) is 0 Å². The summed E-state index contributed by atoms with van der Waals surface area (Å²) in [4.78, 5) is 11.6. The summed E-state index contributed by atoms with van der Waals surface area (Å²) in [5, 5.41) is 15.5. The Bertz CT molecular complexity index is 333. The maximum absolute atomic E-state index is 11.6. The molecule has 0 aliphatic heterocycles. The van der Waals surface area contributed by atoms with Crippen LogP contribution in [0.15, 0.2) is 6.07 Å². The minimum Gasteiger partial charge on any atom is -0.396 e. The van der Waals surface area contributed by atoms with Crippen molar-refractivity contribution in [1.29, 1.82) is 0 Å². The third-order valence-corrected chi connectivity index (χ3v) is 2.15. The largest absolute Gasteiger partial charge is 0.396 e. The van der Waals surface area contributed by atoms with E-state index in [2.05, 4.69) is 10.4 Å². The first kappa shape index (κ1) is 11.7. The summed E-state index contributed by atoms with van der Waals surface area (Å²) in [5.74, 6) is -0.141. The summed E-state index contributed by atoms with van der Waals surface area (Å²) in [6.07, 6.45) is 1.39. The van der Waals surface area contributed by atoms with Gasteiger partial charge in [-0.05, 0) is 18.9 Å². The Hall–Kier alpha value is -1.36. The van der Waals surface area contributed by atoms with Crippen LogP contribution in [0.25, 0.3) is 0 Å². The van der Waals surface area contributed by atoms with Crippen LogP contribution in [0.1, 0.15) is 29.5 Å². The maximum Gasteiger partial charge on any atom is 0.269 e. The Morgan fingerprint density at radius 2 is 2.40 bits per heavy atom. The Kier molecular flexibility index (Phi) is 4.30. The molecule has 5 nitrogen and oxygen atoms in total. The lowest BCUT2D eigenvalue weighted by Gasteiger charge is -2.03. The number of carbonyl (C=O) groups excluding carboxylic acids is 1. The molecular weight excluding hydrogens is 194 g/mol. The van der Waals surface area contributed by atoms with Gasteiger partial charge in [-0.25, -0.2) is 0 Å². The molecular formula is C10H17N3O2. The Labute approximate surface area is 89.1 Å². The standard InChI is InChI=1S/C10H17N3O2/c1-3-8-7-9(13(2)12-8)10(15)11-5-4-6-14/h7,14H,3-6H2,1-2H3,(H,11,15). The van der Waals surface area contributed by atoms with Crippen molar-refractivity contribution in [2.24, 2.45) is 7.05 Å². The van der Waals surface area contributed by atoms with Crippen LogP contribution in [0.5, 0.6) is 0 Å². The summed E-state index contributed by atoms with van der Waals surface area (Å²) in [7, 11) is 1.75. The predicted molar refractivity (Wildman–Crippen MR) is 56.6 cm³/mol. The van der Waals surface area contributed by atoms with E-state index >= 15 is 0 Å². The summed E-state index contributed by atoms with van der Waals surface area (Å²) in [5.41, 5.74) is 1.47. The van der Waals surface area contributed by atoms with E-state index in [-0.39, 0.29) is 12.5 Å². The third-order valence-electron chi connectivity index (χ3n) is 2.15. The monoisotopic (exact) mass is 211 g/mol. The molecule has 2 N–H and O–H groups in total. The average Bonchev–Trinajstić information content (AvgIpc) is 2.60. The van der Waals surface area contributed by atoms with E-state index in [0.717, 1.165) is 12.1 Å². The molecule has 0 unspecified atom stereocenters. The van der Waals surface area contributed by atoms with Gasteiger partial charge in [-0.1, -0.05) is 6.92 Å². The van der Waals surface area contributed by atoms with Gasteiger partial charge < -0.3 is 10.4 Å². The second-order valence-electron chi connectivity index (χ2n) is 3.33. The SMILES string of the molecule is CCc1cc(C(=O)NCCCO)n(C)n1. The number of aliphatic hydroxyl groups is 1. The minimum absolute atomic E-state index is 0.0892. The van der Waals surface area contributed by atoms with Crippen molar-refractivity contribution in [1.82, 2.24) is 15.1 Å². The molecule has 0 saturated heterocycles. The van der Waals surface area contributed by atoms with Crippen molar-refractivity contribution in [3.8, 4) is 0 Å². The van der Waals surface area contributed by atoms with Crippen molar-refractivity contribution in [3.05, 3.63) is 17.5 Å². The molecule has 1 aromatic rings. The number of carbonyl (C=O) groups is 1. The van der Waals surface area contributed by atoms with E-state index in [1.54, 1.807) is 17.8 Å². The molecule has 1 aromatic heterocycles. The second-order valence-corrected chi connectivity index (χ2v) is 3.33. The highest BCUT2D eigenvalue weighted by atomic mass is 16.3. The van der Waals surface area contributed by atoms with Crippen LogP contribution in [0.3, 0.4) is 0 Å². The molecule has 0 saturated carbocycles. The van der Waals surface area contributed by atoms with Crippen LogP contribution in [-0.4, -0.2) is 33.9 Å². The van der Waals surface area contributed by atoms with Crippen molar-refractivity contribution in [2.45, 2.75) is 19.8 Å². The van der Waals surface area contributed by atoms with Gasteiger partial charge in [-0.3, -0.25) is 9.48 Å². The topological polar surface area (TPSA) is 67.2 Å². The number of rotatable bonds is 5. The molecule has 0 spiro atoms. The van der Waals surface area contributed by atoms with Crippen LogP contribution >= 0.6 is 0 Å². The van der Waals surface area contributed by atoms with E-state index < -0.39 is 0 Å². The fourth-order valence-corrected chi connectivity index (χ4v) is 1.28. The molecule has 0 aromatic carbocycles. The molecule has 0 aliphatic carbocycles. The molecule has 1 heterocycles. The van der Waals surface area contributed by atoms with Crippen molar-refractivity contribution < 1.29 is 9.90 Å². The predicted octanol–water partition coefficient (Wildman–Crippen LogP) is 0.0947. The molecule has 84 valence electrons. The normalized spacial score (nSPS) is 10.3. The molecule has 0 aliphatic rings. The number of aromatic nitrogens is 2. The summed E-state index contributed by atoms with van der Waals surface area (Å²) < 4.78 is 1.58. The van der Waals surface area contributed by atoms with Gasteiger partial charge in [0.1, 0.15) is 5.69 Å². The molecule has 15 heavy (non-hydrogen) atoms. The average molecular weight is 211 g/mol. The maximum atomic E-state index is 11.6. The molecule has 0 fully saturated rings. The van der Waals surface area contributed by atoms with Gasteiger partial charge in [0, 0.05) is 20.2 Å². The zero-order valence-electron chi connectivity index (χ0n) is 9.16. The van der Waals surface area contributed by atoms with Gasteiger partial charge in [0.15, 0.2) is 0 Å². The van der Waals surface area contributed by atoms with Gasteiger partial charge in [0.25, 0.3) is 5.91 Å². The van der Waals surface area contributed by atoms with E-state index in [1.807, 2.05) is 6.92 Å². The van der Waals surface area contributed by atoms with E-state index in [9.17, 15) is 4.79 Å². The number of nitrogens with zero attached hydrogens (tertiary/aromatic N) is 2. The van der Waals surface area contributed by atoms with Gasteiger partial charge >= 0.3 is 0 Å². The zero-order valence-corrected chi connectivity index (χ0v) is 9.16. The number of hydrogen-bond acceptors (Lipinski definition) is 3. The van der Waals surface area contributed by atoms with Crippen LogP contribution < -0.4 is 5.32 Å². The lowest BCUT2D eigenvalue weighted by Crippen LogP contribution is -2.26. The summed E-state index contributed by atoms with van der Waals surface area (Å²) in [6.45, 7) is 2.57. The van der Waals surface area contributed by atoms with Gasteiger partial charge in [-0.2, -0.15) is 5.10 Å². The molecule has 1 amide bonds. The van der Waals surface area contributed by atoms with Crippen LogP contribution in [0.2, 0.25) is 0 Å². The Morgan fingerprint density at radius 1 is 1.67 bits per heavy atom. The Balaban J connectivity index is 2.60. The second kappa shape index (κ2) is 5.50. The highest BCUT2D eigenvalue weighted by Crippen LogP contribution is 2.03. The Morgan fingerprint density at radius 3 is 2.93 bits per heavy atom. The zero-order chi connectivity index (χ0) is 11.3. The lowest BCUT2D eigenvalue weighted by atomic mass is 10.3. The molecule has 0 bridgehead atoms. The summed E-state index contributed by atoms with van der Waals surface area (Å²) >= 11 is 0. The smallest absolute Gasteiger partial charge is 0.269 e. The van der Waals surface area contributed by atoms with Crippen LogP contribution in [0.4, 0.5) is 0 Å². The van der Waals surface area contributed by atoms with Crippen molar-refractivity contribution in [2.75, 3.05) is 13.2 Å². The first-order valence-electron chi connectivity index (χ1n) is 5.11. The first-order chi connectivity index (χ1) is 7.19. The number of nitrogens with one attached hydrogen (secondary N) is 1. The first-order valence-corrected chi connectivity index (χ1v) is 5.11. The summed E-state index contributed by atoms with van der Waals surface area (Å²) in [6, 6.07) is 1.79. The van der Waals surface area contributed by atoms with E-state index in [0.29, 0.717) is 18.7 Å². The number of aryl methyl sites for hydroxylation is 2.